The summed E-state index contributed by atoms with van der Waals surface area (Å²) in [5, 5.41) is 0. The Morgan fingerprint density at radius 1 is 1.27 bits per heavy atom. The van der Waals surface area contributed by atoms with Crippen molar-refractivity contribution in [3.05, 3.63) is 11.6 Å². The predicted octanol–water partition coefficient (Wildman–Crippen LogP) is 4.17. The fourth-order valence-corrected chi connectivity index (χ4v) is 1.57. The van der Waals surface area contributed by atoms with Crippen molar-refractivity contribution in [2.75, 3.05) is 0 Å². The lowest BCUT2D eigenvalue weighted by molar-refractivity contribution is 0.583. The van der Waals surface area contributed by atoms with E-state index in [1.54, 1.807) is 5.57 Å². The Morgan fingerprint density at radius 3 is 2.27 bits per heavy atom. The van der Waals surface area contributed by atoms with E-state index in [1.165, 1.54) is 25.7 Å². The number of hydrogen-bond donors (Lipinski definition) is 0. The molecule has 0 saturated heterocycles. The largest absolute Gasteiger partial charge is 0.0853 e. The summed E-state index contributed by atoms with van der Waals surface area (Å²) in [7, 11) is 0. The zero-order chi connectivity index (χ0) is 8.69. The summed E-state index contributed by atoms with van der Waals surface area (Å²) in [6.07, 6.45) is 7.47. The standard InChI is InChI=1S/C11H22/c1-5-8-10(4)11(7-3)9-6-2/h9-10H,5-8H2,1-4H3. The Bertz CT molecular complexity index is 111. The minimum Gasteiger partial charge on any atom is -0.0853 e. The normalized spacial score (nSPS) is 15.1. The Hall–Kier alpha value is -0.260. The molecular formula is C11H22. The molecule has 0 nitrogen and oxygen atoms in total. The highest BCUT2D eigenvalue weighted by atomic mass is 14.1. The fourth-order valence-electron chi connectivity index (χ4n) is 1.57. The molecule has 11 heavy (non-hydrogen) atoms. The second-order valence-corrected chi connectivity index (χ2v) is 3.23. The molecule has 0 heterocycles. The van der Waals surface area contributed by atoms with Crippen LogP contribution in [0.4, 0.5) is 0 Å². The van der Waals surface area contributed by atoms with E-state index in [0.29, 0.717) is 0 Å². The highest BCUT2D eigenvalue weighted by molar-refractivity contribution is 5.04. The van der Waals surface area contributed by atoms with Gasteiger partial charge in [-0.05, 0) is 25.2 Å². The van der Waals surface area contributed by atoms with Crippen LogP contribution in [0.5, 0.6) is 0 Å². The SMILES string of the molecule is CCC=C(CC)C(C)CCC. The summed E-state index contributed by atoms with van der Waals surface area (Å²) >= 11 is 0. The third-order valence-corrected chi connectivity index (χ3v) is 2.23. The van der Waals surface area contributed by atoms with Crippen LogP contribution in [0.15, 0.2) is 11.6 Å². The van der Waals surface area contributed by atoms with Gasteiger partial charge in [0.2, 0.25) is 0 Å². The van der Waals surface area contributed by atoms with Crippen molar-refractivity contribution in [3.63, 3.8) is 0 Å². The van der Waals surface area contributed by atoms with Gasteiger partial charge in [0.25, 0.3) is 0 Å². The molecule has 1 unspecified atom stereocenters. The van der Waals surface area contributed by atoms with E-state index in [-0.39, 0.29) is 0 Å². The summed E-state index contributed by atoms with van der Waals surface area (Å²) in [5.41, 5.74) is 1.65. The molecule has 0 heteroatoms. The second kappa shape index (κ2) is 6.45. The molecule has 0 aliphatic heterocycles. The monoisotopic (exact) mass is 154 g/mol. The Kier molecular flexibility index (Phi) is 6.30. The van der Waals surface area contributed by atoms with Gasteiger partial charge < -0.3 is 0 Å². The van der Waals surface area contributed by atoms with Crippen LogP contribution >= 0.6 is 0 Å². The van der Waals surface area contributed by atoms with Gasteiger partial charge in [0.1, 0.15) is 0 Å². The number of rotatable bonds is 5. The minimum atomic E-state index is 0.810. The van der Waals surface area contributed by atoms with Gasteiger partial charge in [-0.15, -0.1) is 0 Å². The smallest absolute Gasteiger partial charge is 0.0232 e. The van der Waals surface area contributed by atoms with Crippen molar-refractivity contribution < 1.29 is 0 Å². The molecule has 0 aromatic rings. The maximum atomic E-state index is 2.39. The second-order valence-electron chi connectivity index (χ2n) is 3.23. The lowest BCUT2D eigenvalue weighted by Gasteiger charge is -2.12. The molecule has 0 aliphatic carbocycles. The average Bonchev–Trinajstić information content (AvgIpc) is 2.00. The minimum absolute atomic E-state index is 0.810. The molecule has 0 aliphatic rings. The third kappa shape index (κ3) is 4.23. The van der Waals surface area contributed by atoms with Crippen LogP contribution in [0.25, 0.3) is 0 Å². The van der Waals surface area contributed by atoms with E-state index in [4.69, 9.17) is 0 Å². The summed E-state index contributed by atoms with van der Waals surface area (Å²) in [6, 6.07) is 0. The van der Waals surface area contributed by atoms with Gasteiger partial charge in [-0.3, -0.25) is 0 Å². The molecule has 66 valence electrons. The van der Waals surface area contributed by atoms with Gasteiger partial charge >= 0.3 is 0 Å². The first kappa shape index (κ1) is 10.7. The first-order valence-corrected chi connectivity index (χ1v) is 4.95. The zero-order valence-electron chi connectivity index (χ0n) is 8.48. The third-order valence-electron chi connectivity index (χ3n) is 2.23. The fraction of sp³-hybridized carbons (Fsp3) is 0.818. The van der Waals surface area contributed by atoms with Crippen LogP contribution in [-0.2, 0) is 0 Å². The van der Waals surface area contributed by atoms with Gasteiger partial charge in [0.05, 0.1) is 0 Å². The summed E-state index contributed by atoms with van der Waals surface area (Å²) < 4.78 is 0. The summed E-state index contributed by atoms with van der Waals surface area (Å²) in [4.78, 5) is 0. The quantitative estimate of drug-likeness (QED) is 0.521. The average molecular weight is 154 g/mol. The molecule has 0 spiro atoms. The Balaban J connectivity index is 3.91. The highest BCUT2D eigenvalue weighted by Gasteiger charge is 2.03. The molecule has 0 saturated carbocycles. The molecular weight excluding hydrogens is 132 g/mol. The van der Waals surface area contributed by atoms with Crippen LogP contribution in [0, 0.1) is 5.92 Å². The molecule has 0 radical (unpaired) electrons. The van der Waals surface area contributed by atoms with Crippen LogP contribution in [0.1, 0.15) is 53.4 Å². The molecule has 0 rings (SSSR count). The van der Waals surface area contributed by atoms with Crippen molar-refractivity contribution in [1.29, 1.82) is 0 Å². The van der Waals surface area contributed by atoms with E-state index in [9.17, 15) is 0 Å². The van der Waals surface area contributed by atoms with E-state index in [2.05, 4.69) is 33.8 Å². The van der Waals surface area contributed by atoms with Crippen molar-refractivity contribution >= 4 is 0 Å². The molecule has 0 N–H and O–H groups in total. The van der Waals surface area contributed by atoms with Crippen molar-refractivity contribution in [3.8, 4) is 0 Å². The lowest BCUT2D eigenvalue weighted by atomic mass is 9.94. The number of hydrogen-bond acceptors (Lipinski definition) is 0. The van der Waals surface area contributed by atoms with Crippen LogP contribution < -0.4 is 0 Å². The topological polar surface area (TPSA) is 0 Å². The first-order chi connectivity index (χ1) is 5.26. The zero-order valence-corrected chi connectivity index (χ0v) is 8.48. The molecule has 1 atom stereocenters. The molecule has 0 bridgehead atoms. The van der Waals surface area contributed by atoms with E-state index >= 15 is 0 Å². The predicted molar refractivity (Wildman–Crippen MR) is 52.7 cm³/mol. The first-order valence-electron chi connectivity index (χ1n) is 4.95. The number of allylic oxidation sites excluding steroid dienone is 2. The van der Waals surface area contributed by atoms with Crippen LogP contribution in [0.2, 0.25) is 0 Å². The molecule has 0 amide bonds. The van der Waals surface area contributed by atoms with E-state index in [1.807, 2.05) is 0 Å². The molecule has 0 aromatic heterocycles. The van der Waals surface area contributed by atoms with Crippen molar-refractivity contribution in [2.24, 2.45) is 5.92 Å². The van der Waals surface area contributed by atoms with Crippen LogP contribution in [0.3, 0.4) is 0 Å². The Labute approximate surface area is 71.7 Å². The van der Waals surface area contributed by atoms with E-state index < -0.39 is 0 Å². The highest BCUT2D eigenvalue weighted by Crippen LogP contribution is 2.19. The maximum Gasteiger partial charge on any atom is -0.0232 e. The van der Waals surface area contributed by atoms with Gasteiger partial charge in [-0.1, -0.05) is 45.8 Å². The van der Waals surface area contributed by atoms with Gasteiger partial charge in [0, 0.05) is 0 Å². The summed E-state index contributed by atoms with van der Waals surface area (Å²) in [6.45, 7) is 9.08. The van der Waals surface area contributed by atoms with Crippen LogP contribution in [-0.4, -0.2) is 0 Å². The van der Waals surface area contributed by atoms with Crippen molar-refractivity contribution in [2.45, 2.75) is 53.4 Å². The van der Waals surface area contributed by atoms with Gasteiger partial charge in [-0.2, -0.15) is 0 Å². The van der Waals surface area contributed by atoms with E-state index in [0.717, 1.165) is 5.92 Å². The summed E-state index contributed by atoms with van der Waals surface area (Å²) in [5.74, 6) is 0.810. The maximum absolute atomic E-state index is 2.39. The molecule has 0 fully saturated rings. The lowest BCUT2D eigenvalue weighted by Crippen LogP contribution is -1.97. The molecule has 0 aromatic carbocycles. The van der Waals surface area contributed by atoms with Gasteiger partial charge in [0.15, 0.2) is 0 Å². The van der Waals surface area contributed by atoms with Crippen molar-refractivity contribution in [1.82, 2.24) is 0 Å². The van der Waals surface area contributed by atoms with Gasteiger partial charge in [-0.25, -0.2) is 0 Å². The Morgan fingerprint density at radius 2 is 1.91 bits per heavy atom.